The quantitative estimate of drug-likeness (QED) is 0.669. The standard InChI is InChI=1S/C18H14N2S/c1-3-9-17-15(7-1)20(13-14-6-5-11-19-12-14)16-8-2-4-10-18(16)21-17/h1-12H,13H2. The Morgan fingerprint density at radius 1 is 0.810 bits per heavy atom. The SMILES string of the molecule is c1cncc(CN2c3ccccc3Sc3ccccc32)c1. The summed E-state index contributed by atoms with van der Waals surface area (Å²) < 4.78 is 0. The highest BCUT2D eigenvalue weighted by atomic mass is 32.2. The molecule has 2 heterocycles. The Morgan fingerprint density at radius 3 is 2.10 bits per heavy atom. The molecule has 1 aromatic heterocycles. The number of anilines is 2. The molecule has 0 bridgehead atoms. The summed E-state index contributed by atoms with van der Waals surface area (Å²) in [4.78, 5) is 9.21. The number of benzene rings is 2. The van der Waals surface area contributed by atoms with Gasteiger partial charge in [-0.25, -0.2) is 0 Å². The summed E-state index contributed by atoms with van der Waals surface area (Å²) in [6.45, 7) is 0.836. The summed E-state index contributed by atoms with van der Waals surface area (Å²) in [6.07, 6.45) is 3.75. The van der Waals surface area contributed by atoms with Crippen molar-refractivity contribution in [1.82, 2.24) is 4.98 Å². The molecule has 1 aliphatic rings. The topological polar surface area (TPSA) is 16.1 Å². The van der Waals surface area contributed by atoms with Gasteiger partial charge in [0, 0.05) is 28.7 Å². The molecule has 3 heteroatoms. The van der Waals surface area contributed by atoms with E-state index >= 15 is 0 Å². The van der Waals surface area contributed by atoms with Crippen molar-refractivity contribution >= 4 is 23.1 Å². The van der Waals surface area contributed by atoms with E-state index in [0.717, 1.165) is 6.54 Å². The predicted molar refractivity (Wildman–Crippen MR) is 87.1 cm³/mol. The molecule has 1 aliphatic heterocycles. The maximum Gasteiger partial charge on any atom is 0.0556 e. The second-order valence-electron chi connectivity index (χ2n) is 4.98. The number of rotatable bonds is 2. The van der Waals surface area contributed by atoms with E-state index in [2.05, 4.69) is 64.5 Å². The fourth-order valence-corrected chi connectivity index (χ4v) is 3.72. The Labute approximate surface area is 128 Å². The lowest BCUT2D eigenvalue weighted by atomic mass is 10.2. The van der Waals surface area contributed by atoms with Gasteiger partial charge in [-0.1, -0.05) is 42.1 Å². The minimum Gasteiger partial charge on any atom is -0.335 e. The van der Waals surface area contributed by atoms with Crippen molar-refractivity contribution in [2.24, 2.45) is 0 Å². The zero-order chi connectivity index (χ0) is 14.1. The molecule has 0 atom stereocenters. The van der Waals surface area contributed by atoms with Crippen LogP contribution in [0.4, 0.5) is 11.4 Å². The molecule has 0 amide bonds. The van der Waals surface area contributed by atoms with E-state index in [4.69, 9.17) is 0 Å². The van der Waals surface area contributed by atoms with E-state index in [1.165, 1.54) is 26.7 Å². The van der Waals surface area contributed by atoms with Crippen molar-refractivity contribution < 1.29 is 0 Å². The lowest BCUT2D eigenvalue weighted by molar-refractivity contribution is 0.930. The number of aromatic nitrogens is 1. The van der Waals surface area contributed by atoms with Crippen LogP contribution >= 0.6 is 11.8 Å². The normalized spacial score (nSPS) is 12.7. The minimum absolute atomic E-state index is 0.836. The van der Waals surface area contributed by atoms with Crippen LogP contribution in [0.15, 0.2) is 82.8 Å². The number of pyridine rings is 1. The molecule has 0 saturated carbocycles. The zero-order valence-corrected chi connectivity index (χ0v) is 12.3. The molecule has 0 saturated heterocycles. The first-order chi connectivity index (χ1) is 10.4. The second-order valence-corrected chi connectivity index (χ2v) is 6.07. The lowest BCUT2D eigenvalue weighted by Crippen LogP contribution is -2.20. The largest absolute Gasteiger partial charge is 0.335 e. The average molecular weight is 290 g/mol. The predicted octanol–water partition coefficient (Wildman–Crippen LogP) is 4.88. The number of fused-ring (bicyclic) bond motifs is 2. The van der Waals surface area contributed by atoms with Crippen LogP contribution in [0, 0.1) is 0 Å². The van der Waals surface area contributed by atoms with Crippen molar-refractivity contribution in [3.63, 3.8) is 0 Å². The molecule has 2 nitrogen and oxygen atoms in total. The number of para-hydroxylation sites is 2. The first-order valence-electron chi connectivity index (χ1n) is 6.94. The van der Waals surface area contributed by atoms with Gasteiger partial charge >= 0.3 is 0 Å². The van der Waals surface area contributed by atoms with Crippen LogP contribution in [-0.4, -0.2) is 4.98 Å². The molecular weight excluding hydrogens is 276 g/mol. The molecule has 0 fully saturated rings. The Hall–Kier alpha value is -2.26. The average Bonchev–Trinajstić information content (AvgIpc) is 2.55. The first kappa shape index (κ1) is 12.5. The van der Waals surface area contributed by atoms with Crippen LogP contribution < -0.4 is 4.90 Å². The molecule has 3 aromatic rings. The van der Waals surface area contributed by atoms with Crippen LogP contribution in [0.1, 0.15) is 5.56 Å². The number of hydrogen-bond donors (Lipinski definition) is 0. The molecule has 2 aromatic carbocycles. The molecule has 0 N–H and O–H groups in total. The van der Waals surface area contributed by atoms with Crippen LogP contribution in [-0.2, 0) is 6.54 Å². The molecule has 21 heavy (non-hydrogen) atoms. The van der Waals surface area contributed by atoms with E-state index in [9.17, 15) is 0 Å². The van der Waals surface area contributed by atoms with Crippen LogP contribution in [0.5, 0.6) is 0 Å². The van der Waals surface area contributed by atoms with Gasteiger partial charge in [-0.15, -0.1) is 0 Å². The van der Waals surface area contributed by atoms with E-state index in [0.29, 0.717) is 0 Å². The molecule has 0 aliphatic carbocycles. The fourth-order valence-electron chi connectivity index (χ4n) is 2.63. The monoisotopic (exact) mass is 290 g/mol. The van der Waals surface area contributed by atoms with Gasteiger partial charge in [0.1, 0.15) is 0 Å². The van der Waals surface area contributed by atoms with E-state index in [1.54, 1.807) is 0 Å². The fraction of sp³-hybridized carbons (Fsp3) is 0.0556. The van der Waals surface area contributed by atoms with E-state index in [-0.39, 0.29) is 0 Å². The smallest absolute Gasteiger partial charge is 0.0556 e. The van der Waals surface area contributed by atoms with Crippen LogP contribution in [0.2, 0.25) is 0 Å². The third-order valence-electron chi connectivity index (χ3n) is 3.60. The Morgan fingerprint density at radius 2 is 1.48 bits per heavy atom. The highest BCUT2D eigenvalue weighted by Crippen LogP contribution is 2.48. The molecular formula is C18H14N2S. The van der Waals surface area contributed by atoms with Crippen molar-refractivity contribution in [1.29, 1.82) is 0 Å². The third-order valence-corrected chi connectivity index (χ3v) is 4.73. The maximum absolute atomic E-state index is 4.23. The van der Waals surface area contributed by atoms with Crippen molar-refractivity contribution in [2.75, 3.05) is 4.90 Å². The van der Waals surface area contributed by atoms with E-state index in [1.807, 2.05) is 30.2 Å². The van der Waals surface area contributed by atoms with Gasteiger partial charge in [-0.05, 0) is 35.9 Å². The summed E-state index contributed by atoms with van der Waals surface area (Å²) >= 11 is 1.84. The second kappa shape index (κ2) is 5.26. The van der Waals surface area contributed by atoms with Gasteiger partial charge in [0.05, 0.1) is 11.4 Å². The van der Waals surface area contributed by atoms with Crippen molar-refractivity contribution in [3.8, 4) is 0 Å². The van der Waals surface area contributed by atoms with Gasteiger partial charge in [0.25, 0.3) is 0 Å². The molecule has 0 unspecified atom stereocenters. The van der Waals surface area contributed by atoms with Crippen LogP contribution in [0.25, 0.3) is 0 Å². The minimum atomic E-state index is 0.836. The molecule has 102 valence electrons. The summed E-state index contributed by atoms with van der Waals surface area (Å²) in [5.41, 5.74) is 3.75. The van der Waals surface area contributed by atoms with Crippen LogP contribution in [0.3, 0.4) is 0 Å². The Kier molecular flexibility index (Phi) is 3.13. The summed E-state index contributed by atoms with van der Waals surface area (Å²) in [5.74, 6) is 0. The summed E-state index contributed by atoms with van der Waals surface area (Å²) in [6, 6.07) is 21.3. The number of hydrogen-bond acceptors (Lipinski definition) is 3. The Bertz CT molecular complexity index is 725. The van der Waals surface area contributed by atoms with E-state index < -0.39 is 0 Å². The maximum atomic E-state index is 4.23. The van der Waals surface area contributed by atoms with Gasteiger partial charge in [0.15, 0.2) is 0 Å². The summed E-state index contributed by atoms with van der Waals surface area (Å²) in [5, 5.41) is 0. The first-order valence-corrected chi connectivity index (χ1v) is 7.76. The molecule has 4 rings (SSSR count). The lowest BCUT2D eigenvalue weighted by Gasteiger charge is -2.32. The Balaban J connectivity index is 1.82. The summed E-state index contributed by atoms with van der Waals surface area (Å²) in [7, 11) is 0. The van der Waals surface area contributed by atoms with Crippen molar-refractivity contribution in [3.05, 3.63) is 78.6 Å². The highest BCUT2D eigenvalue weighted by Gasteiger charge is 2.22. The molecule has 0 spiro atoms. The zero-order valence-electron chi connectivity index (χ0n) is 11.4. The van der Waals surface area contributed by atoms with Gasteiger partial charge in [0.2, 0.25) is 0 Å². The molecule has 0 radical (unpaired) electrons. The van der Waals surface area contributed by atoms with Gasteiger partial charge in [-0.2, -0.15) is 0 Å². The number of nitrogens with zero attached hydrogens (tertiary/aromatic N) is 2. The van der Waals surface area contributed by atoms with Crippen molar-refractivity contribution in [2.45, 2.75) is 16.3 Å². The van der Waals surface area contributed by atoms with Gasteiger partial charge in [-0.3, -0.25) is 4.98 Å². The highest BCUT2D eigenvalue weighted by molar-refractivity contribution is 7.99. The van der Waals surface area contributed by atoms with Gasteiger partial charge < -0.3 is 4.90 Å². The third kappa shape index (κ3) is 2.30.